The van der Waals surface area contributed by atoms with Gasteiger partial charge in [-0.15, -0.1) is 0 Å². The number of alkyl halides is 3. The number of halogens is 4. The Bertz CT molecular complexity index is 936. The molecule has 3 N–H and O–H groups in total. The summed E-state index contributed by atoms with van der Waals surface area (Å²) in [5, 5.41) is 9.92. The maximum absolute atomic E-state index is 13.1. The highest BCUT2D eigenvalue weighted by Crippen LogP contribution is 2.14. The summed E-state index contributed by atoms with van der Waals surface area (Å²) in [6.45, 7) is 0.537. The van der Waals surface area contributed by atoms with Gasteiger partial charge >= 0.3 is 12.1 Å². The molecule has 0 spiro atoms. The number of aromatic amines is 1. The van der Waals surface area contributed by atoms with Crippen molar-refractivity contribution in [1.82, 2.24) is 15.3 Å². The molecule has 3 aromatic rings. The quantitative estimate of drug-likeness (QED) is 0.449. The molecule has 150 valence electrons. The van der Waals surface area contributed by atoms with Crippen LogP contribution in [0.4, 0.5) is 17.6 Å². The molecule has 0 aliphatic carbocycles. The Labute approximate surface area is 155 Å². The Morgan fingerprint density at radius 1 is 1.25 bits per heavy atom. The van der Waals surface area contributed by atoms with Gasteiger partial charge in [0.2, 0.25) is 0 Å². The Morgan fingerprint density at radius 3 is 2.57 bits per heavy atom. The van der Waals surface area contributed by atoms with Crippen molar-refractivity contribution in [2.75, 3.05) is 6.54 Å². The summed E-state index contributed by atoms with van der Waals surface area (Å²) in [6.07, 6.45) is -0.792. The molecule has 0 saturated heterocycles. The van der Waals surface area contributed by atoms with Crippen molar-refractivity contribution >= 4 is 22.9 Å². The summed E-state index contributed by atoms with van der Waals surface area (Å²) in [5.41, 5.74) is 1.94. The van der Waals surface area contributed by atoms with Gasteiger partial charge in [-0.2, -0.15) is 13.2 Å². The number of benzene rings is 1. The lowest BCUT2D eigenvalue weighted by atomic mass is 10.2. The first-order chi connectivity index (χ1) is 13.2. The van der Waals surface area contributed by atoms with E-state index in [1.54, 1.807) is 12.1 Å². The van der Waals surface area contributed by atoms with Crippen LogP contribution in [0, 0.1) is 5.82 Å². The summed E-state index contributed by atoms with van der Waals surface area (Å²) in [6, 6.07) is 6.07. The van der Waals surface area contributed by atoms with Crippen molar-refractivity contribution in [2.24, 2.45) is 0 Å². The van der Waals surface area contributed by atoms with Gasteiger partial charge in [0.1, 0.15) is 17.9 Å². The summed E-state index contributed by atoms with van der Waals surface area (Å²) in [5.74, 6) is -2.42. The van der Waals surface area contributed by atoms with Crippen molar-refractivity contribution in [1.29, 1.82) is 0 Å². The van der Waals surface area contributed by atoms with E-state index in [0.717, 1.165) is 17.8 Å². The number of carbonyl (C=O) groups excluding carboxylic acids is 1. The summed E-state index contributed by atoms with van der Waals surface area (Å²) in [4.78, 5) is 28.0. The van der Waals surface area contributed by atoms with Gasteiger partial charge in [-0.25, -0.2) is 14.2 Å². The van der Waals surface area contributed by atoms with Crippen LogP contribution in [0.5, 0.6) is 0 Å². The van der Waals surface area contributed by atoms with Crippen LogP contribution >= 0.6 is 0 Å². The molecule has 0 radical (unpaired) electrons. The zero-order valence-corrected chi connectivity index (χ0v) is 14.2. The van der Waals surface area contributed by atoms with E-state index in [9.17, 15) is 22.4 Å². The van der Waals surface area contributed by atoms with Gasteiger partial charge in [0.25, 0.3) is 5.91 Å². The monoisotopic (exact) mass is 401 g/mol. The van der Waals surface area contributed by atoms with E-state index in [1.807, 2.05) is 0 Å². The van der Waals surface area contributed by atoms with Crippen molar-refractivity contribution in [2.45, 2.75) is 19.0 Å². The van der Waals surface area contributed by atoms with Crippen LogP contribution in [-0.4, -0.2) is 39.7 Å². The highest BCUT2D eigenvalue weighted by atomic mass is 19.4. The minimum absolute atomic E-state index is 0.157. The summed E-state index contributed by atoms with van der Waals surface area (Å²) < 4.78 is 49.7. The molecule has 0 unspecified atom stereocenters. The highest BCUT2D eigenvalue weighted by Gasteiger charge is 2.38. The molecule has 0 aliphatic rings. The van der Waals surface area contributed by atoms with Crippen LogP contribution in [0.1, 0.15) is 22.6 Å². The standard InChI is InChI=1S/C15H14FN3O2.C2HF3O2/c16-11-3-4-12-13(8-11)19-14(18-12)2-1-6-17-15(20)10-5-7-21-9-10;3-2(4,5)1(6)7/h3-5,7-9H,1-2,6H2,(H,17,20)(H,18,19);(H,6,7). The number of hydrogen-bond donors (Lipinski definition) is 3. The molecule has 3 rings (SSSR count). The number of carboxylic acid groups (broad SMARTS) is 1. The molecule has 0 aliphatic heterocycles. The van der Waals surface area contributed by atoms with E-state index in [4.69, 9.17) is 14.3 Å². The SMILES string of the molecule is O=C(NCCCc1nc2ccc(F)cc2[nH]1)c1ccoc1.O=C(O)C(F)(F)F. The number of imidazole rings is 1. The number of rotatable bonds is 5. The van der Waals surface area contributed by atoms with Gasteiger partial charge < -0.3 is 19.8 Å². The fourth-order valence-electron chi connectivity index (χ4n) is 2.11. The number of hydrogen-bond acceptors (Lipinski definition) is 4. The zero-order valence-electron chi connectivity index (χ0n) is 14.2. The lowest BCUT2D eigenvalue weighted by Crippen LogP contribution is -2.24. The summed E-state index contributed by atoms with van der Waals surface area (Å²) >= 11 is 0. The normalized spacial score (nSPS) is 11.0. The maximum atomic E-state index is 13.1. The first-order valence-corrected chi connectivity index (χ1v) is 7.91. The number of aryl methyl sites for hydroxylation is 1. The predicted octanol–water partition coefficient (Wildman–Crippen LogP) is 3.29. The van der Waals surface area contributed by atoms with Crippen LogP contribution < -0.4 is 5.32 Å². The molecular weight excluding hydrogens is 386 g/mol. The number of nitrogens with zero attached hydrogens (tertiary/aromatic N) is 1. The third-order valence-corrected chi connectivity index (χ3v) is 3.39. The van der Waals surface area contributed by atoms with Crippen molar-refractivity contribution in [3.63, 3.8) is 0 Å². The zero-order chi connectivity index (χ0) is 20.7. The smallest absolute Gasteiger partial charge is 0.475 e. The number of carboxylic acids is 1. The van der Waals surface area contributed by atoms with Crippen LogP contribution in [0.2, 0.25) is 0 Å². The van der Waals surface area contributed by atoms with E-state index in [-0.39, 0.29) is 11.7 Å². The van der Waals surface area contributed by atoms with E-state index >= 15 is 0 Å². The van der Waals surface area contributed by atoms with Gasteiger partial charge in [-0.3, -0.25) is 4.79 Å². The van der Waals surface area contributed by atoms with Crippen LogP contribution in [0.25, 0.3) is 11.0 Å². The van der Waals surface area contributed by atoms with Gasteiger partial charge in [0, 0.05) is 13.0 Å². The first-order valence-electron chi connectivity index (χ1n) is 7.91. The molecule has 28 heavy (non-hydrogen) atoms. The average Bonchev–Trinajstić information content (AvgIpc) is 3.27. The molecule has 2 heterocycles. The molecule has 0 atom stereocenters. The molecule has 11 heteroatoms. The number of fused-ring (bicyclic) bond motifs is 1. The molecule has 0 fully saturated rings. The largest absolute Gasteiger partial charge is 0.490 e. The van der Waals surface area contributed by atoms with Gasteiger partial charge in [-0.1, -0.05) is 0 Å². The second kappa shape index (κ2) is 9.02. The third kappa shape index (κ3) is 6.11. The van der Waals surface area contributed by atoms with Crippen molar-refractivity contribution in [3.05, 3.63) is 54.0 Å². The van der Waals surface area contributed by atoms with Crippen molar-refractivity contribution < 1.29 is 36.7 Å². The molecule has 2 aromatic heterocycles. The Hall–Kier alpha value is -3.37. The number of furan rings is 1. The second-order valence-corrected chi connectivity index (χ2v) is 5.52. The molecular formula is C17H15F4N3O4. The second-order valence-electron chi connectivity index (χ2n) is 5.52. The lowest BCUT2D eigenvalue weighted by molar-refractivity contribution is -0.192. The Balaban J connectivity index is 0.000000345. The minimum atomic E-state index is -5.08. The molecule has 1 aromatic carbocycles. The molecule has 1 amide bonds. The highest BCUT2D eigenvalue weighted by molar-refractivity contribution is 5.93. The fourth-order valence-corrected chi connectivity index (χ4v) is 2.11. The Morgan fingerprint density at radius 2 is 1.96 bits per heavy atom. The number of carbonyl (C=O) groups is 2. The van der Waals surface area contributed by atoms with Crippen LogP contribution in [0.15, 0.2) is 41.2 Å². The van der Waals surface area contributed by atoms with E-state index in [1.165, 1.54) is 24.7 Å². The number of aliphatic carboxylic acids is 1. The third-order valence-electron chi connectivity index (χ3n) is 3.39. The Kier molecular flexibility index (Phi) is 6.74. The number of amides is 1. The molecule has 7 nitrogen and oxygen atoms in total. The van der Waals surface area contributed by atoms with E-state index < -0.39 is 12.1 Å². The van der Waals surface area contributed by atoms with Crippen molar-refractivity contribution in [3.8, 4) is 0 Å². The number of H-pyrrole nitrogens is 1. The minimum Gasteiger partial charge on any atom is -0.475 e. The topological polar surface area (TPSA) is 108 Å². The number of nitrogens with one attached hydrogen (secondary N) is 2. The first kappa shape index (κ1) is 20.9. The van der Waals surface area contributed by atoms with E-state index in [2.05, 4.69) is 15.3 Å². The average molecular weight is 401 g/mol. The molecule has 0 bridgehead atoms. The van der Waals surface area contributed by atoms with Gasteiger partial charge in [-0.05, 0) is 30.7 Å². The van der Waals surface area contributed by atoms with Gasteiger partial charge in [0.15, 0.2) is 0 Å². The van der Waals surface area contributed by atoms with Crippen LogP contribution in [-0.2, 0) is 11.2 Å². The van der Waals surface area contributed by atoms with Crippen LogP contribution in [0.3, 0.4) is 0 Å². The lowest BCUT2D eigenvalue weighted by Gasteiger charge is -2.01. The molecule has 0 saturated carbocycles. The van der Waals surface area contributed by atoms with Gasteiger partial charge in [0.05, 0.1) is 22.9 Å². The predicted molar refractivity (Wildman–Crippen MR) is 89.1 cm³/mol. The summed E-state index contributed by atoms with van der Waals surface area (Å²) in [7, 11) is 0. The fraction of sp³-hybridized carbons (Fsp3) is 0.235. The maximum Gasteiger partial charge on any atom is 0.490 e. The number of aromatic nitrogens is 2. The van der Waals surface area contributed by atoms with E-state index in [0.29, 0.717) is 24.0 Å².